The predicted octanol–water partition coefficient (Wildman–Crippen LogP) is 5.52. The number of alkyl halides is 4. The monoisotopic (exact) mass is 354 g/mol. The van der Waals surface area contributed by atoms with Gasteiger partial charge in [-0.25, -0.2) is 0 Å². The van der Waals surface area contributed by atoms with E-state index < -0.39 is 4.87 Å². The molecule has 0 aromatic rings. The summed E-state index contributed by atoms with van der Waals surface area (Å²) in [6.07, 6.45) is 1.62. The molecular formula is C10H15BrCl4. The van der Waals surface area contributed by atoms with Gasteiger partial charge in [0.25, 0.3) is 0 Å². The molecule has 0 rings (SSSR count). The van der Waals surface area contributed by atoms with E-state index in [4.69, 9.17) is 46.4 Å². The van der Waals surface area contributed by atoms with Gasteiger partial charge in [0, 0.05) is 10.4 Å². The molecule has 0 fully saturated rings. The van der Waals surface area contributed by atoms with Crippen LogP contribution in [0.3, 0.4) is 0 Å². The Morgan fingerprint density at radius 3 is 2.27 bits per heavy atom. The second-order valence-corrected chi connectivity index (χ2v) is 6.63. The number of hydrogen-bond donors (Lipinski definition) is 0. The Bertz CT molecular complexity index is 220. The van der Waals surface area contributed by atoms with Crippen LogP contribution >= 0.6 is 62.3 Å². The van der Waals surface area contributed by atoms with E-state index in [0.717, 1.165) is 23.7 Å². The van der Waals surface area contributed by atoms with Gasteiger partial charge < -0.3 is 0 Å². The van der Waals surface area contributed by atoms with Crippen LogP contribution in [-0.2, 0) is 0 Å². The molecule has 90 valence electrons. The summed E-state index contributed by atoms with van der Waals surface area (Å²) < 4.78 is 0. The van der Waals surface area contributed by atoms with E-state index in [-0.39, 0.29) is 5.38 Å². The first kappa shape index (κ1) is 16.4. The van der Waals surface area contributed by atoms with Crippen LogP contribution in [-0.4, -0.2) is 21.5 Å². The highest BCUT2D eigenvalue weighted by Crippen LogP contribution is 2.29. The number of hydrogen-bond acceptors (Lipinski definition) is 0. The van der Waals surface area contributed by atoms with E-state index in [1.54, 1.807) is 0 Å². The fourth-order valence-electron chi connectivity index (χ4n) is 1.01. The normalized spacial score (nSPS) is 16.2. The zero-order chi connectivity index (χ0) is 12.1. The van der Waals surface area contributed by atoms with E-state index in [1.807, 2.05) is 13.8 Å². The molecular weight excluding hydrogens is 342 g/mol. The third-order valence-electron chi connectivity index (χ3n) is 2.11. The second-order valence-electron chi connectivity index (χ2n) is 3.85. The molecule has 0 aliphatic rings. The highest BCUT2D eigenvalue weighted by Gasteiger charge is 2.24. The predicted molar refractivity (Wildman–Crippen MR) is 76.2 cm³/mol. The van der Waals surface area contributed by atoms with Gasteiger partial charge in [-0.05, 0) is 32.3 Å². The minimum atomic E-state index is -0.396. The van der Waals surface area contributed by atoms with Gasteiger partial charge in [0.1, 0.15) is 0 Å². The summed E-state index contributed by atoms with van der Waals surface area (Å²) in [5, 5.41) is 1.35. The molecule has 1 atom stereocenters. The lowest BCUT2D eigenvalue weighted by Crippen LogP contribution is -2.25. The van der Waals surface area contributed by atoms with Crippen molar-refractivity contribution in [3.05, 3.63) is 10.6 Å². The highest BCUT2D eigenvalue weighted by molar-refractivity contribution is 9.09. The molecule has 0 unspecified atom stereocenters. The van der Waals surface area contributed by atoms with E-state index in [2.05, 4.69) is 15.9 Å². The Hall–Kier alpha value is 1.38. The van der Waals surface area contributed by atoms with Crippen molar-refractivity contribution in [3.63, 3.8) is 0 Å². The summed E-state index contributed by atoms with van der Waals surface area (Å²) in [5.41, 5.74) is 1.10. The van der Waals surface area contributed by atoms with Crippen LogP contribution in [0.5, 0.6) is 0 Å². The molecule has 15 heavy (non-hydrogen) atoms. The van der Waals surface area contributed by atoms with Crippen LogP contribution in [0.25, 0.3) is 0 Å². The molecule has 0 N–H and O–H groups in total. The molecule has 0 amide bonds. The lowest BCUT2D eigenvalue weighted by molar-refractivity contribution is 0.599. The van der Waals surface area contributed by atoms with E-state index in [1.165, 1.54) is 0 Å². The van der Waals surface area contributed by atoms with Gasteiger partial charge in [-0.1, -0.05) is 27.5 Å². The first-order chi connectivity index (χ1) is 6.82. The minimum Gasteiger partial charge on any atom is -0.121 e. The van der Waals surface area contributed by atoms with Crippen LogP contribution in [0.1, 0.15) is 26.7 Å². The Morgan fingerprint density at radius 1 is 1.40 bits per heavy atom. The fourth-order valence-corrected chi connectivity index (χ4v) is 2.36. The van der Waals surface area contributed by atoms with Crippen molar-refractivity contribution < 1.29 is 0 Å². The summed E-state index contributed by atoms with van der Waals surface area (Å²) in [6.45, 7) is 3.82. The molecule has 0 bridgehead atoms. The summed E-state index contributed by atoms with van der Waals surface area (Å²) in [7, 11) is 0. The van der Waals surface area contributed by atoms with Crippen LogP contribution in [0.15, 0.2) is 10.6 Å². The van der Waals surface area contributed by atoms with Gasteiger partial charge in [0.2, 0.25) is 0 Å². The number of allylic oxidation sites excluding steroid dienone is 2. The third-order valence-corrected chi connectivity index (χ3v) is 4.73. The molecule has 0 radical (unpaired) electrons. The minimum absolute atomic E-state index is 0.0759. The van der Waals surface area contributed by atoms with Crippen LogP contribution in [0.4, 0.5) is 0 Å². The van der Waals surface area contributed by atoms with Crippen LogP contribution < -0.4 is 0 Å². The van der Waals surface area contributed by atoms with Crippen molar-refractivity contribution in [2.45, 2.75) is 36.9 Å². The smallest absolute Gasteiger partial charge is 0.0581 e. The average Bonchev–Trinajstić information content (AvgIpc) is 2.16. The maximum absolute atomic E-state index is 6.16. The van der Waals surface area contributed by atoms with Gasteiger partial charge in [-0.3, -0.25) is 0 Å². The fraction of sp³-hybridized carbons (Fsp3) is 0.800. The maximum atomic E-state index is 6.16. The second kappa shape index (κ2) is 7.66. The highest BCUT2D eigenvalue weighted by atomic mass is 79.9. The lowest BCUT2D eigenvalue weighted by atomic mass is 10.0. The Labute approximate surface area is 120 Å². The first-order valence-corrected chi connectivity index (χ1v) is 7.49. The zero-order valence-electron chi connectivity index (χ0n) is 8.80. The molecule has 0 heterocycles. The molecule has 0 aliphatic heterocycles. The maximum Gasteiger partial charge on any atom is 0.0581 e. The number of halogens is 5. The topological polar surface area (TPSA) is 0 Å². The van der Waals surface area contributed by atoms with Crippen molar-refractivity contribution >= 4 is 62.3 Å². The van der Waals surface area contributed by atoms with Crippen LogP contribution in [0.2, 0.25) is 0 Å². The molecule has 0 saturated heterocycles. The van der Waals surface area contributed by atoms with Gasteiger partial charge in [-0.2, -0.15) is 0 Å². The van der Waals surface area contributed by atoms with E-state index >= 15 is 0 Å². The van der Waals surface area contributed by atoms with E-state index in [0.29, 0.717) is 10.9 Å². The standard InChI is InChI=1S/C10H15BrCl4/c1-10(2,15)9(14)4-3-7(5-11)8(13)6-12/h9H,3-6H2,1-2H3/b8-7+/t9-/m1/s1. The van der Waals surface area contributed by atoms with Crippen LogP contribution in [0, 0.1) is 0 Å². The SMILES string of the molecule is CC(C)(Cl)[C@H](Cl)CC/C(CBr)=C(\Cl)CCl. The Kier molecular flexibility index (Phi) is 8.36. The van der Waals surface area contributed by atoms with Gasteiger partial charge in [-0.15, -0.1) is 34.8 Å². The van der Waals surface area contributed by atoms with Crippen molar-refractivity contribution in [2.24, 2.45) is 0 Å². The van der Waals surface area contributed by atoms with Crippen molar-refractivity contribution in [2.75, 3.05) is 11.2 Å². The molecule has 0 spiro atoms. The van der Waals surface area contributed by atoms with Gasteiger partial charge >= 0.3 is 0 Å². The molecule has 0 aliphatic carbocycles. The molecule has 0 nitrogen and oxygen atoms in total. The molecule has 5 heteroatoms. The van der Waals surface area contributed by atoms with Crippen molar-refractivity contribution in [3.8, 4) is 0 Å². The third kappa shape index (κ3) is 6.63. The quantitative estimate of drug-likeness (QED) is 0.550. The van der Waals surface area contributed by atoms with E-state index in [9.17, 15) is 0 Å². The largest absolute Gasteiger partial charge is 0.121 e. The zero-order valence-corrected chi connectivity index (χ0v) is 13.4. The van der Waals surface area contributed by atoms with Gasteiger partial charge in [0.05, 0.1) is 16.1 Å². The first-order valence-electron chi connectivity index (χ1n) is 4.64. The summed E-state index contributed by atoms with van der Waals surface area (Å²) in [4.78, 5) is -0.396. The molecule has 0 saturated carbocycles. The Morgan fingerprint density at radius 2 is 1.93 bits per heavy atom. The average molecular weight is 357 g/mol. The Balaban J connectivity index is 4.25. The van der Waals surface area contributed by atoms with Crippen molar-refractivity contribution in [1.29, 1.82) is 0 Å². The molecule has 0 aromatic heterocycles. The summed E-state index contributed by atoms with van der Waals surface area (Å²) in [5.74, 6) is 0.347. The number of rotatable bonds is 6. The molecule has 0 aromatic carbocycles. The lowest BCUT2D eigenvalue weighted by Gasteiger charge is -2.22. The summed E-state index contributed by atoms with van der Waals surface area (Å²) >= 11 is 27.3. The van der Waals surface area contributed by atoms with Crippen molar-refractivity contribution in [1.82, 2.24) is 0 Å². The van der Waals surface area contributed by atoms with Gasteiger partial charge in [0.15, 0.2) is 0 Å². The summed E-state index contributed by atoms with van der Waals surface area (Å²) in [6, 6.07) is 0.